The minimum atomic E-state index is 0. The third-order valence-electron chi connectivity index (χ3n) is 5.26. The van der Waals surface area contributed by atoms with Crippen molar-refractivity contribution in [2.45, 2.75) is 37.0 Å². The van der Waals surface area contributed by atoms with Gasteiger partial charge < -0.3 is 4.90 Å². The number of thioether (sulfide) groups is 2. The van der Waals surface area contributed by atoms with Gasteiger partial charge in [-0.15, -0.1) is 35.9 Å². The lowest BCUT2D eigenvalue weighted by Crippen LogP contribution is -2.39. The van der Waals surface area contributed by atoms with Gasteiger partial charge in [-0.25, -0.2) is 4.98 Å². The fraction of sp³-hybridized carbons (Fsp3) is 0.417. The molecule has 0 radical (unpaired) electrons. The van der Waals surface area contributed by atoms with Gasteiger partial charge >= 0.3 is 0 Å². The topological polar surface area (TPSA) is 36.4 Å². The molecule has 0 atom stereocenters. The largest absolute Gasteiger partial charge is 0.302 e. The molecule has 0 N–H and O–H groups in total. The first kappa shape index (κ1) is 27.0. The van der Waals surface area contributed by atoms with Crippen LogP contribution in [0, 0.1) is 6.92 Å². The number of carbonyl (C=O) groups is 1. The zero-order valence-corrected chi connectivity index (χ0v) is 22.4. The maximum absolute atomic E-state index is 13.2. The minimum absolute atomic E-state index is 0. The maximum atomic E-state index is 13.2. The molecule has 0 fully saturated rings. The first-order valence-corrected chi connectivity index (χ1v) is 13.7. The smallest absolute Gasteiger partial charge is 0.229 e. The van der Waals surface area contributed by atoms with E-state index in [9.17, 15) is 4.79 Å². The number of rotatable bonds is 11. The molecule has 1 aromatic heterocycles. The van der Waals surface area contributed by atoms with Gasteiger partial charge in [-0.2, -0.15) is 0 Å². The number of aryl methyl sites for hydroxylation is 1. The molecule has 0 saturated heterocycles. The van der Waals surface area contributed by atoms with Gasteiger partial charge in [0.2, 0.25) is 5.91 Å². The quantitative estimate of drug-likeness (QED) is 0.272. The Labute approximate surface area is 210 Å². The Morgan fingerprint density at radius 3 is 2.38 bits per heavy atom. The lowest BCUT2D eigenvalue weighted by molar-refractivity contribution is -0.118. The monoisotopic (exact) mass is 509 g/mol. The van der Waals surface area contributed by atoms with E-state index >= 15 is 0 Å². The second-order valence-electron chi connectivity index (χ2n) is 7.31. The molecule has 0 unspecified atom stereocenters. The first-order chi connectivity index (χ1) is 15.0. The number of likely N-dealkylation sites (N-methyl/N-ethyl adjacent to an activating group) is 1. The van der Waals surface area contributed by atoms with E-state index in [-0.39, 0.29) is 18.3 Å². The van der Waals surface area contributed by atoms with Gasteiger partial charge in [-0.05, 0) is 56.6 Å². The standard InChI is InChI=1S/C24H31N3OS3.ClH/c1-5-26(6-2)14-15-27(23(28)13-16-30-19-9-7-18(3)8-10-19)24-25-21-12-11-20(29-4)17-22(21)31-24;/h7-12,17H,5-6,13-16H2,1-4H3;1H. The number of fused-ring (bicyclic) bond motifs is 1. The lowest BCUT2D eigenvalue weighted by Gasteiger charge is -2.24. The number of nitrogens with zero attached hydrogens (tertiary/aromatic N) is 3. The third kappa shape index (κ3) is 7.39. The molecule has 0 spiro atoms. The summed E-state index contributed by atoms with van der Waals surface area (Å²) >= 11 is 5.08. The number of hydrogen-bond acceptors (Lipinski definition) is 6. The number of carbonyl (C=O) groups excluding carboxylic acids is 1. The summed E-state index contributed by atoms with van der Waals surface area (Å²) < 4.78 is 1.14. The van der Waals surface area contributed by atoms with Crippen LogP contribution in [0.2, 0.25) is 0 Å². The molecular formula is C24H32ClN3OS3. The molecule has 0 aliphatic rings. The summed E-state index contributed by atoms with van der Waals surface area (Å²) in [6.45, 7) is 9.91. The van der Waals surface area contributed by atoms with Gasteiger partial charge in [0.25, 0.3) is 0 Å². The normalized spacial score (nSPS) is 11.0. The molecule has 0 aliphatic heterocycles. The summed E-state index contributed by atoms with van der Waals surface area (Å²) in [5.74, 6) is 0.918. The Hall–Kier alpha value is -1.25. The molecule has 4 nitrogen and oxygen atoms in total. The summed E-state index contributed by atoms with van der Waals surface area (Å²) in [6, 6.07) is 14.8. The van der Waals surface area contributed by atoms with Crippen LogP contribution in [0.5, 0.6) is 0 Å². The Morgan fingerprint density at radius 2 is 1.72 bits per heavy atom. The van der Waals surface area contributed by atoms with Crippen molar-refractivity contribution in [1.82, 2.24) is 9.88 Å². The summed E-state index contributed by atoms with van der Waals surface area (Å²) in [7, 11) is 0. The second kappa shape index (κ2) is 13.5. The van der Waals surface area contributed by atoms with Gasteiger partial charge in [0.1, 0.15) is 0 Å². The number of anilines is 1. The summed E-state index contributed by atoms with van der Waals surface area (Å²) in [5.41, 5.74) is 2.22. The molecule has 8 heteroatoms. The number of halogens is 1. The summed E-state index contributed by atoms with van der Waals surface area (Å²) in [5, 5.41) is 0.811. The Bertz CT molecular complexity index is 990. The van der Waals surface area contributed by atoms with Crippen molar-refractivity contribution in [3.05, 3.63) is 48.0 Å². The van der Waals surface area contributed by atoms with E-state index in [1.165, 1.54) is 15.4 Å². The number of benzene rings is 2. The van der Waals surface area contributed by atoms with Gasteiger partial charge in [0.05, 0.1) is 10.2 Å². The molecule has 174 valence electrons. The highest BCUT2D eigenvalue weighted by atomic mass is 35.5. The number of amides is 1. The van der Waals surface area contributed by atoms with Crippen molar-refractivity contribution in [3.8, 4) is 0 Å². The van der Waals surface area contributed by atoms with Gasteiger partial charge in [0.15, 0.2) is 5.13 Å². The van der Waals surface area contributed by atoms with Crippen LogP contribution < -0.4 is 4.90 Å². The van der Waals surface area contributed by atoms with Crippen LogP contribution in [0.1, 0.15) is 25.8 Å². The van der Waals surface area contributed by atoms with Crippen LogP contribution in [0.4, 0.5) is 5.13 Å². The van der Waals surface area contributed by atoms with E-state index in [0.717, 1.165) is 40.7 Å². The first-order valence-electron chi connectivity index (χ1n) is 10.7. The zero-order chi connectivity index (χ0) is 22.2. The van der Waals surface area contributed by atoms with Crippen LogP contribution in [0.15, 0.2) is 52.3 Å². The van der Waals surface area contributed by atoms with Crippen LogP contribution in [0.25, 0.3) is 10.2 Å². The van der Waals surface area contributed by atoms with Gasteiger partial charge in [-0.1, -0.05) is 42.9 Å². The van der Waals surface area contributed by atoms with Crippen LogP contribution in [0.3, 0.4) is 0 Å². The highest BCUT2D eigenvalue weighted by Gasteiger charge is 2.20. The van der Waals surface area contributed by atoms with E-state index in [1.807, 2.05) is 4.90 Å². The molecule has 1 heterocycles. The van der Waals surface area contributed by atoms with Crippen molar-refractivity contribution in [2.75, 3.05) is 43.1 Å². The average molecular weight is 510 g/mol. The van der Waals surface area contributed by atoms with E-state index in [4.69, 9.17) is 4.98 Å². The highest BCUT2D eigenvalue weighted by molar-refractivity contribution is 7.99. The van der Waals surface area contributed by atoms with Gasteiger partial charge in [0, 0.05) is 35.1 Å². The number of aromatic nitrogens is 1. The minimum Gasteiger partial charge on any atom is -0.302 e. The zero-order valence-electron chi connectivity index (χ0n) is 19.2. The molecule has 0 saturated carbocycles. The Balaban J connectivity index is 0.00000363. The van der Waals surface area contributed by atoms with Crippen LogP contribution in [-0.2, 0) is 4.79 Å². The fourth-order valence-electron chi connectivity index (χ4n) is 3.27. The predicted molar refractivity (Wildman–Crippen MR) is 145 cm³/mol. The third-order valence-corrected chi connectivity index (χ3v) is 8.04. The SMILES string of the molecule is CCN(CC)CCN(C(=O)CCSc1ccc(C)cc1)c1nc2ccc(SC)cc2s1.Cl. The summed E-state index contributed by atoms with van der Waals surface area (Å²) in [4.78, 5) is 24.7. The van der Waals surface area contributed by atoms with E-state index < -0.39 is 0 Å². The van der Waals surface area contributed by atoms with E-state index in [2.05, 4.69) is 74.4 Å². The number of hydrogen-bond donors (Lipinski definition) is 0. The van der Waals surface area contributed by atoms with Crippen molar-refractivity contribution < 1.29 is 4.79 Å². The summed E-state index contributed by atoms with van der Waals surface area (Å²) in [6.07, 6.45) is 2.58. The number of thiazole rings is 1. The van der Waals surface area contributed by atoms with Gasteiger partial charge in [-0.3, -0.25) is 9.69 Å². The molecule has 32 heavy (non-hydrogen) atoms. The Kier molecular flexibility index (Phi) is 11.4. The fourth-order valence-corrected chi connectivity index (χ4v) is 5.67. The van der Waals surface area contributed by atoms with Crippen LogP contribution >= 0.6 is 47.3 Å². The van der Waals surface area contributed by atoms with E-state index in [0.29, 0.717) is 13.0 Å². The predicted octanol–water partition coefficient (Wildman–Crippen LogP) is 6.61. The second-order valence-corrected chi connectivity index (χ2v) is 10.4. The van der Waals surface area contributed by atoms with E-state index in [1.54, 1.807) is 34.9 Å². The molecule has 2 aromatic carbocycles. The van der Waals surface area contributed by atoms with Crippen LogP contribution in [-0.4, -0.2) is 54.0 Å². The molecule has 1 amide bonds. The lowest BCUT2D eigenvalue weighted by atomic mass is 10.2. The van der Waals surface area contributed by atoms with Crippen molar-refractivity contribution in [3.63, 3.8) is 0 Å². The van der Waals surface area contributed by atoms with Crippen molar-refractivity contribution in [2.24, 2.45) is 0 Å². The maximum Gasteiger partial charge on any atom is 0.229 e. The highest BCUT2D eigenvalue weighted by Crippen LogP contribution is 2.32. The molecule has 0 bridgehead atoms. The average Bonchev–Trinajstić information content (AvgIpc) is 3.20. The van der Waals surface area contributed by atoms with Crippen molar-refractivity contribution >= 4 is 68.5 Å². The van der Waals surface area contributed by atoms with Crippen molar-refractivity contribution in [1.29, 1.82) is 0 Å². The Morgan fingerprint density at radius 1 is 1.03 bits per heavy atom. The molecule has 3 aromatic rings. The molecule has 3 rings (SSSR count). The molecule has 0 aliphatic carbocycles. The molecular weight excluding hydrogens is 478 g/mol.